The molecule has 0 unspecified atom stereocenters. The van der Waals surface area contributed by atoms with Crippen LogP contribution >= 0.6 is 0 Å². The molecule has 1 aliphatic heterocycles. The van der Waals surface area contributed by atoms with Crippen LogP contribution in [-0.4, -0.2) is 64.6 Å². The molecule has 0 saturated carbocycles. The molecular weight excluding hydrogens is 392 g/mol. The van der Waals surface area contributed by atoms with Crippen LogP contribution in [0, 0.1) is 0 Å². The number of phenols is 1. The van der Waals surface area contributed by atoms with Crippen LogP contribution < -0.4 is 0 Å². The molecule has 2 N–H and O–H groups in total. The number of H-pyrrole nitrogens is 1. The molecule has 4 rings (SSSR count). The minimum Gasteiger partial charge on any atom is -0.507 e. The molecule has 3 aromatic rings. The van der Waals surface area contributed by atoms with Gasteiger partial charge in [-0.25, -0.2) is 4.79 Å². The number of carbonyl (C=O) groups excluding carboxylic acids is 1. The summed E-state index contributed by atoms with van der Waals surface area (Å²) in [6.07, 6.45) is 5.79. The van der Waals surface area contributed by atoms with Gasteiger partial charge in [-0.05, 0) is 59.1 Å². The summed E-state index contributed by atoms with van der Waals surface area (Å²) in [5.41, 5.74) is 4.45. The van der Waals surface area contributed by atoms with E-state index in [2.05, 4.69) is 14.9 Å². The predicted octanol–water partition coefficient (Wildman–Crippen LogP) is 3.77. The third-order valence-corrected chi connectivity index (χ3v) is 5.74. The lowest BCUT2D eigenvalue weighted by Crippen LogP contribution is -2.20. The topological polar surface area (TPSA) is 81.7 Å². The van der Waals surface area contributed by atoms with E-state index in [0.29, 0.717) is 36.4 Å². The Labute approximate surface area is 182 Å². The highest BCUT2D eigenvalue weighted by Crippen LogP contribution is 2.40. The minimum absolute atomic E-state index is 0.173. The number of ether oxygens (including phenoxy) is 1. The summed E-state index contributed by atoms with van der Waals surface area (Å²) in [4.78, 5) is 25.1. The zero-order chi connectivity index (χ0) is 22.0. The lowest BCUT2D eigenvalue weighted by Gasteiger charge is -2.17. The summed E-state index contributed by atoms with van der Waals surface area (Å²) in [7, 11) is 3.90. The van der Waals surface area contributed by atoms with Crippen LogP contribution in [0.25, 0.3) is 22.0 Å². The molecule has 2 aromatic heterocycles. The van der Waals surface area contributed by atoms with Gasteiger partial charge >= 0.3 is 5.97 Å². The molecule has 1 fully saturated rings. The summed E-state index contributed by atoms with van der Waals surface area (Å²) >= 11 is 0. The summed E-state index contributed by atoms with van der Waals surface area (Å²) in [5.74, 6) is -0.178. The fraction of sp³-hybridized carbons (Fsp3) is 0.417. The normalized spacial score (nSPS) is 14.6. The van der Waals surface area contributed by atoms with Crippen LogP contribution in [0.3, 0.4) is 0 Å². The van der Waals surface area contributed by atoms with Crippen molar-refractivity contribution in [2.75, 3.05) is 33.8 Å². The Morgan fingerprint density at radius 1 is 1.32 bits per heavy atom. The van der Waals surface area contributed by atoms with Crippen molar-refractivity contribution in [1.29, 1.82) is 0 Å². The average molecular weight is 423 g/mol. The Balaban J connectivity index is 1.96. The van der Waals surface area contributed by atoms with E-state index in [9.17, 15) is 9.90 Å². The molecule has 0 radical (unpaired) electrons. The summed E-state index contributed by atoms with van der Waals surface area (Å²) in [6.45, 7) is 5.31. The maximum absolute atomic E-state index is 13.1. The third-order valence-electron chi connectivity index (χ3n) is 5.74. The summed E-state index contributed by atoms with van der Waals surface area (Å²) in [6, 6.07) is 5.69. The number of likely N-dealkylation sites (tertiary alicyclic amines) is 1. The molecule has 1 saturated heterocycles. The van der Waals surface area contributed by atoms with Crippen LogP contribution in [0.15, 0.2) is 30.6 Å². The first-order valence-corrected chi connectivity index (χ1v) is 10.8. The van der Waals surface area contributed by atoms with Crippen LogP contribution in [-0.2, 0) is 17.8 Å². The van der Waals surface area contributed by atoms with Crippen molar-refractivity contribution in [2.45, 2.75) is 32.9 Å². The standard InChI is InChI=1S/C24H30N4O3/c1-4-31-24(30)22-20(15-28-10-5-6-11-28)26-19-12-17(16-8-7-9-25-13-16)23(29)18(21(19)22)14-27(2)3/h7-9,12-13,26,29H,4-6,10-11,14-15H2,1-3H3. The second-order valence-corrected chi connectivity index (χ2v) is 8.34. The quantitative estimate of drug-likeness (QED) is 0.564. The number of pyridine rings is 1. The SMILES string of the molecule is CCOC(=O)c1c(CN2CCCC2)[nH]c2cc(-c3cccnc3)c(O)c(CN(C)C)c12. The zero-order valence-corrected chi connectivity index (χ0v) is 18.4. The maximum Gasteiger partial charge on any atom is 0.340 e. The number of aromatic hydroxyl groups is 1. The highest BCUT2D eigenvalue weighted by molar-refractivity contribution is 6.09. The number of aromatic nitrogens is 2. The van der Waals surface area contributed by atoms with E-state index in [4.69, 9.17) is 4.74 Å². The van der Waals surface area contributed by atoms with Crippen molar-refractivity contribution in [1.82, 2.24) is 19.8 Å². The van der Waals surface area contributed by atoms with E-state index in [1.807, 2.05) is 44.1 Å². The Bertz CT molecular complexity index is 1070. The molecule has 164 valence electrons. The van der Waals surface area contributed by atoms with E-state index < -0.39 is 0 Å². The van der Waals surface area contributed by atoms with Gasteiger partial charge in [-0.3, -0.25) is 9.88 Å². The molecule has 0 amide bonds. The van der Waals surface area contributed by atoms with Crippen molar-refractivity contribution >= 4 is 16.9 Å². The lowest BCUT2D eigenvalue weighted by molar-refractivity contribution is 0.0526. The van der Waals surface area contributed by atoms with Gasteiger partial charge in [-0.2, -0.15) is 0 Å². The maximum atomic E-state index is 13.1. The molecule has 7 nitrogen and oxygen atoms in total. The first-order chi connectivity index (χ1) is 15.0. The number of hydrogen-bond donors (Lipinski definition) is 2. The summed E-state index contributed by atoms with van der Waals surface area (Å²) < 4.78 is 5.43. The van der Waals surface area contributed by atoms with Gasteiger partial charge < -0.3 is 19.7 Å². The molecule has 0 bridgehead atoms. The van der Waals surface area contributed by atoms with Crippen molar-refractivity contribution in [3.63, 3.8) is 0 Å². The Morgan fingerprint density at radius 2 is 2.10 bits per heavy atom. The van der Waals surface area contributed by atoms with Crippen molar-refractivity contribution in [3.8, 4) is 16.9 Å². The largest absolute Gasteiger partial charge is 0.507 e. The first-order valence-electron chi connectivity index (χ1n) is 10.8. The number of esters is 1. The van der Waals surface area contributed by atoms with Crippen molar-refractivity contribution in [3.05, 3.63) is 47.4 Å². The number of nitrogens with one attached hydrogen (secondary N) is 1. The molecule has 7 heteroatoms. The van der Waals surface area contributed by atoms with Gasteiger partial charge in [0.05, 0.1) is 12.2 Å². The molecule has 1 aromatic carbocycles. The average Bonchev–Trinajstić information content (AvgIpc) is 3.38. The fourth-order valence-corrected chi connectivity index (χ4v) is 4.41. The molecule has 0 atom stereocenters. The van der Waals surface area contributed by atoms with Gasteiger partial charge in [0.15, 0.2) is 0 Å². The van der Waals surface area contributed by atoms with Gasteiger partial charge in [0.25, 0.3) is 0 Å². The van der Waals surface area contributed by atoms with Gasteiger partial charge in [-0.15, -0.1) is 0 Å². The zero-order valence-electron chi connectivity index (χ0n) is 18.4. The highest BCUT2D eigenvalue weighted by atomic mass is 16.5. The number of benzene rings is 1. The number of fused-ring (bicyclic) bond motifs is 1. The first kappa shape index (κ1) is 21.3. The van der Waals surface area contributed by atoms with Gasteiger partial charge in [0, 0.05) is 58.8 Å². The Morgan fingerprint density at radius 3 is 2.74 bits per heavy atom. The predicted molar refractivity (Wildman–Crippen MR) is 121 cm³/mol. The molecule has 0 aliphatic carbocycles. The number of hydrogen-bond acceptors (Lipinski definition) is 6. The van der Waals surface area contributed by atoms with Crippen LogP contribution in [0.5, 0.6) is 5.75 Å². The van der Waals surface area contributed by atoms with Crippen molar-refractivity contribution in [2.24, 2.45) is 0 Å². The van der Waals surface area contributed by atoms with Crippen LogP contribution in [0.1, 0.15) is 41.4 Å². The van der Waals surface area contributed by atoms with E-state index in [0.717, 1.165) is 35.2 Å². The van der Waals surface area contributed by atoms with E-state index in [1.165, 1.54) is 12.8 Å². The number of nitrogens with zero attached hydrogens (tertiary/aromatic N) is 3. The van der Waals surface area contributed by atoms with Crippen LogP contribution in [0.4, 0.5) is 0 Å². The van der Waals surface area contributed by atoms with Gasteiger partial charge in [-0.1, -0.05) is 6.07 Å². The summed E-state index contributed by atoms with van der Waals surface area (Å²) in [5, 5.41) is 12.0. The Hall–Kier alpha value is -2.90. The highest BCUT2D eigenvalue weighted by Gasteiger charge is 2.27. The van der Waals surface area contributed by atoms with Gasteiger partial charge in [0.2, 0.25) is 0 Å². The van der Waals surface area contributed by atoms with Crippen LogP contribution in [0.2, 0.25) is 0 Å². The fourth-order valence-electron chi connectivity index (χ4n) is 4.41. The minimum atomic E-state index is -0.350. The van der Waals surface area contributed by atoms with E-state index in [-0.39, 0.29) is 11.7 Å². The van der Waals surface area contributed by atoms with E-state index in [1.54, 1.807) is 12.4 Å². The third kappa shape index (κ3) is 4.29. The van der Waals surface area contributed by atoms with Crippen molar-refractivity contribution < 1.29 is 14.6 Å². The van der Waals surface area contributed by atoms with E-state index >= 15 is 0 Å². The lowest BCUT2D eigenvalue weighted by atomic mass is 9.96. The number of aromatic amines is 1. The molecular formula is C24H30N4O3. The van der Waals surface area contributed by atoms with Gasteiger partial charge in [0.1, 0.15) is 5.75 Å². The molecule has 3 heterocycles. The molecule has 31 heavy (non-hydrogen) atoms. The monoisotopic (exact) mass is 422 g/mol. The number of rotatable bonds is 7. The number of carbonyl (C=O) groups is 1. The second-order valence-electron chi connectivity index (χ2n) is 8.34. The molecule has 1 aliphatic rings. The molecule has 0 spiro atoms. The Kier molecular flexibility index (Phi) is 6.25. The smallest absolute Gasteiger partial charge is 0.340 e. The number of phenolic OH excluding ortho intramolecular Hbond substituents is 1. The second kappa shape index (κ2) is 9.08.